The standard InChI is InChI=1S/C30H28F2N8O4S/c1-44-24-12-21(31)20(11-22(24)32)23-6-3-15(13-34-23)19-7-8-39-27(33)26(45(2,42)43)25(37-29(19)39)16-9-17-4-5-18(10-16)40(17)30(41)28-35-14-36-38-28/h3,6-8,11-14,16-18H,4-5,9-10,33H2,1-2H3,(H,35,36,38)/t16?,17-,18+. The van der Waals surface area contributed by atoms with Crippen LogP contribution in [-0.2, 0) is 9.84 Å². The minimum atomic E-state index is -3.79. The second kappa shape index (κ2) is 10.6. The number of carbonyl (C=O) groups excluding carboxylic acids is 1. The van der Waals surface area contributed by atoms with Crippen molar-refractivity contribution in [1.29, 1.82) is 0 Å². The predicted octanol–water partition coefficient (Wildman–Crippen LogP) is 4.00. The maximum absolute atomic E-state index is 14.7. The van der Waals surface area contributed by atoms with Gasteiger partial charge in [0.15, 0.2) is 21.4 Å². The molecule has 1 aromatic carbocycles. The molecule has 2 saturated heterocycles. The van der Waals surface area contributed by atoms with Crippen LogP contribution in [0.15, 0.2) is 53.9 Å². The number of methoxy groups -OCH3 is 1. The first-order chi connectivity index (χ1) is 21.5. The Morgan fingerprint density at radius 3 is 2.44 bits per heavy atom. The third kappa shape index (κ3) is 4.77. The van der Waals surface area contributed by atoms with Crippen LogP contribution in [0.2, 0.25) is 0 Å². The average Bonchev–Trinajstić information content (AvgIpc) is 3.76. The highest BCUT2D eigenvalue weighted by Crippen LogP contribution is 2.46. The molecule has 0 saturated carbocycles. The summed E-state index contributed by atoms with van der Waals surface area (Å²) in [5.41, 5.74) is 8.78. The zero-order valence-electron chi connectivity index (χ0n) is 24.2. The Labute approximate surface area is 256 Å². The van der Waals surface area contributed by atoms with Crippen molar-refractivity contribution in [2.24, 2.45) is 0 Å². The quantitative estimate of drug-likeness (QED) is 0.281. The summed E-state index contributed by atoms with van der Waals surface area (Å²) in [7, 11) is -2.53. The lowest BCUT2D eigenvalue weighted by Crippen LogP contribution is -2.46. The van der Waals surface area contributed by atoms with E-state index in [0.29, 0.717) is 35.3 Å². The fourth-order valence-electron chi connectivity index (χ4n) is 6.78. The molecule has 1 amide bonds. The highest BCUT2D eigenvalue weighted by atomic mass is 32.2. The first kappa shape index (κ1) is 28.8. The van der Waals surface area contributed by atoms with E-state index in [-0.39, 0.29) is 57.5 Å². The van der Waals surface area contributed by atoms with Crippen molar-refractivity contribution >= 4 is 27.2 Å². The molecular weight excluding hydrogens is 606 g/mol. The average molecular weight is 635 g/mol. The number of benzene rings is 1. The number of aromatic nitrogens is 6. The molecule has 2 aliphatic rings. The van der Waals surface area contributed by atoms with E-state index in [1.54, 1.807) is 24.4 Å². The molecular formula is C30H28F2N8O4S. The van der Waals surface area contributed by atoms with Gasteiger partial charge in [-0.25, -0.2) is 27.2 Å². The fraction of sp³-hybridized carbons (Fsp3) is 0.300. The number of rotatable bonds is 6. The maximum atomic E-state index is 14.7. The van der Waals surface area contributed by atoms with Crippen molar-refractivity contribution in [1.82, 2.24) is 34.4 Å². The van der Waals surface area contributed by atoms with Crippen molar-refractivity contribution in [2.45, 2.75) is 48.6 Å². The molecule has 2 aliphatic heterocycles. The number of amides is 1. The number of fused-ring (bicyclic) bond motifs is 3. The van der Waals surface area contributed by atoms with Gasteiger partial charge in [-0.15, -0.1) is 0 Å². The van der Waals surface area contributed by atoms with E-state index >= 15 is 0 Å². The summed E-state index contributed by atoms with van der Waals surface area (Å²) in [6.45, 7) is 0. The number of ether oxygens (including phenoxy) is 1. The van der Waals surface area contributed by atoms with Crippen molar-refractivity contribution in [2.75, 3.05) is 19.1 Å². The number of nitrogen functional groups attached to an aromatic ring is 1. The molecule has 2 bridgehead atoms. The Kier molecular flexibility index (Phi) is 6.80. The highest BCUT2D eigenvalue weighted by Gasteiger charge is 2.46. The van der Waals surface area contributed by atoms with Gasteiger partial charge in [0.25, 0.3) is 5.91 Å². The summed E-state index contributed by atoms with van der Waals surface area (Å²) in [6.07, 6.45) is 8.14. The molecule has 12 nitrogen and oxygen atoms in total. The monoisotopic (exact) mass is 634 g/mol. The number of carbonyl (C=O) groups is 1. The van der Waals surface area contributed by atoms with Crippen LogP contribution >= 0.6 is 0 Å². The molecule has 4 aromatic heterocycles. The largest absolute Gasteiger partial charge is 0.494 e. The minimum Gasteiger partial charge on any atom is -0.494 e. The van der Waals surface area contributed by atoms with E-state index in [4.69, 9.17) is 15.5 Å². The van der Waals surface area contributed by atoms with Crippen LogP contribution in [0, 0.1) is 11.6 Å². The summed E-state index contributed by atoms with van der Waals surface area (Å²) in [5.74, 6) is -1.89. The van der Waals surface area contributed by atoms with E-state index in [9.17, 15) is 22.0 Å². The van der Waals surface area contributed by atoms with Gasteiger partial charge in [-0.2, -0.15) is 5.10 Å². The Bertz CT molecular complexity index is 2050. The number of H-pyrrole nitrogens is 1. The summed E-state index contributed by atoms with van der Waals surface area (Å²) in [5, 5.41) is 6.43. The van der Waals surface area contributed by atoms with Crippen molar-refractivity contribution in [3.8, 4) is 28.1 Å². The Morgan fingerprint density at radius 2 is 1.82 bits per heavy atom. The lowest BCUT2D eigenvalue weighted by atomic mass is 9.87. The number of pyridine rings is 1. The number of nitrogens with zero attached hydrogens (tertiary/aromatic N) is 6. The van der Waals surface area contributed by atoms with Gasteiger partial charge in [-0.3, -0.25) is 19.3 Å². The SMILES string of the molecule is COc1cc(F)c(-c2ccc(-c3ccn4c(N)c(S(C)(=O)=O)c(C5C[C@H]6CC[C@@H](C5)N6C(=O)c5ncn[nH]5)nc34)cn2)cc1F. The van der Waals surface area contributed by atoms with Gasteiger partial charge in [0.05, 0.1) is 18.5 Å². The van der Waals surface area contributed by atoms with Crippen LogP contribution in [0.3, 0.4) is 0 Å². The number of nitrogens with one attached hydrogen (secondary N) is 1. The van der Waals surface area contributed by atoms with E-state index < -0.39 is 21.5 Å². The van der Waals surface area contributed by atoms with Crippen LogP contribution in [0.25, 0.3) is 28.0 Å². The zero-order valence-corrected chi connectivity index (χ0v) is 25.1. The topological polar surface area (TPSA) is 161 Å². The second-order valence-corrected chi connectivity index (χ2v) is 13.4. The molecule has 0 radical (unpaired) electrons. The second-order valence-electron chi connectivity index (χ2n) is 11.4. The summed E-state index contributed by atoms with van der Waals surface area (Å²) in [6, 6.07) is 6.78. The van der Waals surface area contributed by atoms with Gasteiger partial charge in [-0.1, -0.05) is 6.07 Å². The van der Waals surface area contributed by atoms with E-state index in [0.717, 1.165) is 31.2 Å². The molecule has 15 heteroatoms. The first-order valence-electron chi connectivity index (χ1n) is 14.2. The Morgan fingerprint density at radius 1 is 1.07 bits per heavy atom. The fourth-order valence-corrected chi connectivity index (χ4v) is 7.85. The van der Waals surface area contributed by atoms with Crippen LogP contribution in [-0.4, -0.2) is 74.2 Å². The van der Waals surface area contributed by atoms with Gasteiger partial charge in [0.1, 0.15) is 28.5 Å². The smallest absolute Gasteiger partial charge is 0.291 e. The number of hydrogen-bond acceptors (Lipinski definition) is 9. The number of hydrogen-bond donors (Lipinski definition) is 2. The lowest BCUT2D eigenvalue weighted by molar-refractivity contribution is 0.0556. The van der Waals surface area contributed by atoms with Gasteiger partial charge in [0.2, 0.25) is 5.82 Å². The lowest BCUT2D eigenvalue weighted by Gasteiger charge is -2.38. The summed E-state index contributed by atoms with van der Waals surface area (Å²) < 4.78 is 61.6. The molecule has 6 heterocycles. The number of nitrogens with two attached hydrogens (primary N) is 1. The number of anilines is 1. The van der Waals surface area contributed by atoms with Crippen LogP contribution in [0.5, 0.6) is 5.75 Å². The Balaban J connectivity index is 1.27. The van der Waals surface area contributed by atoms with Crippen LogP contribution in [0.4, 0.5) is 14.6 Å². The van der Waals surface area contributed by atoms with Crippen molar-refractivity contribution in [3.05, 3.63) is 72.2 Å². The molecule has 2 fully saturated rings. The number of halogens is 2. The molecule has 0 spiro atoms. The van der Waals surface area contributed by atoms with Crippen LogP contribution in [0.1, 0.15) is 47.9 Å². The summed E-state index contributed by atoms with van der Waals surface area (Å²) in [4.78, 5) is 28.3. The maximum Gasteiger partial charge on any atom is 0.291 e. The molecule has 3 atom stereocenters. The van der Waals surface area contributed by atoms with E-state index in [1.165, 1.54) is 24.0 Å². The predicted molar refractivity (Wildman–Crippen MR) is 159 cm³/mol. The number of sulfone groups is 1. The molecule has 3 N–H and O–H groups in total. The van der Waals surface area contributed by atoms with Crippen molar-refractivity contribution < 1.29 is 26.7 Å². The third-order valence-electron chi connectivity index (χ3n) is 8.75. The molecule has 232 valence electrons. The first-order valence-corrected chi connectivity index (χ1v) is 16.1. The molecule has 7 rings (SSSR count). The van der Waals surface area contributed by atoms with Gasteiger partial charge in [-0.05, 0) is 43.9 Å². The van der Waals surface area contributed by atoms with Gasteiger partial charge >= 0.3 is 0 Å². The zero-order chi connectivity index (χ0) is 31.6. The van der Waals surface area contributed by atoms with E-state index in [1.807, 2.05) is 4.90 Å². The van der Waals surface area contributed by atoms with Gasteiger partial charge in [0, 0.05) is 59.4 Å². The molecule has 0 aliphatic carbocycles. The Hall–Kier alpha value is -4.92. The van der Waals surface area contributed by atoms with E-state index in [2.05, 4.69) is 20.2 Å². The minimum absolute atomic E-state index is 0.0215. The highest BCUT2D eigenvalue weighted by molar-refractivity contribution is 7.91. The molecule has 45 heavy (non-hydrogen) atoms. The third-order valence-corrected chi connectivity index (χ3v) is 9.90. The van der Waals surface area contributed by atoms with Gasteiger partial charge < -0.3 is 15.4 Å². The number of piperidine rings is 1. The summed E-state index contributed by atoms with van der Waals surface area (Å²) >= 11 is 0. The van der Waals surface area contributed by atoms with Crippen molar-refractivity contribution in [3.63, 3.8) is 0 Å². The molecule has 5 aromatic rings. The van der Waals surface area contributed by atoms with Crippen LogP contribution < -0.4 is 10.5 Å². The molecule has 1 unspecified atom stereocenters. The normalized spacial score (nSPS) is 19.7. The number of aromatic amines is 1.